The van der Waals surface area contributed by atoms with E-state index >= 15 is 0 Å². The smallest absolute Gasteiger partial charge is 0.224 e. The Morgan fingerprint density at radius 3 is 3.00 bits per heavy atom. The molecule has 170 valence electrons. The summed E-state index contributed by atoms with van der Waals surface area (Å²) in [5.74, 6) is 2.55. The van der Waals surface area contributed by atoms with Gasteiger partial charge in [-0.15, -0.1) is 0 Å². The zero-order valence-electron chi connectivity index (χ0n) is 19.2. The number of amides is 1. The third-order valence-corrected chi connectivity index (χ3v) is 8.52. The van der Waals surface area contributed by atoms with E-state index in [0.29, 0.717) is 24.3 Å². The molecule has 4 heterocycles. The molecule has 0 N–H and O–H groups in total. The molecule has 1 aromatic carbocycles. The summed E-state index contributed by atoms with van der Waals surface area (Å²) in [6, 6.07) is 9.38. The van der Waals surface area contributed by atoms with Crippen LogP contribution in [0.25, 0.3) is 10.9 Å². The number of methoxy groups -OCH3 is 1. The van der Waals surface area contributed by atoms with Crippen LogP contribution in [0.15, 0.2) is 42.1 Å². The van der Waals surface area contributed by atoms with E-state index in [9.17, 15) is 4.79 Å². The predicted molar refractivity (Wildman–Crippen MR) is 127 cm³/mol. The van der Waals surface area contributed by atoms with Crippen LogP contribution in [0.2, 0.25) is 0 Å². The van der Waals surface area contributed by atoms with E-state index in [1.165, 1.54) is 50.7 Å². The van der Waals surface area contributed by atoms with Crippen molar-refractivity contribution in [3.8, 4) is 5.75 Å². The van der Waals surface area contributed by atoms with E-state index in [4.69, 9.17) is 4.74 Å². The molecule has 3 saturated heterocycles. The second-order valence-corrected chi connectivity index (χ2v) is 10.3. The van der Waals surface area contributed by atoms with Gasteiger partial charge in [0.15, 0.2) is 0 Å². The summed E-state index contributed by atoms with van der Waals surface area (Å²) in [5, 5.41) is 1.16. The minimum absolute atomic E-state index is 0.329. The van der Waals surface area contributed by atoms with E-state index in [-0.39, 0.29) is 0 Å². The van der Waals surface area contributed by atoms with Crippen LogP contribution < -0.4 is 4.74 Å². The van der Waals surface area contributed by atoms with Gasteiger partial charge in [-0.2, -0.15) is 0 Å². The first-order chi connectivity index (χ1) is 15.7. The first kappa shape index (κ1) is 20.3. The van der Waals surface area contributed by atoms with Crippen molar-refractivity contribution >= 4 is 16.8 Å². The topological polar surface area (TPSA) is 37.7 Å². The SMILES string of the molecule is COc1ccc2c(ccn2CCC(=O)N2CCCC3=C[C@@H]4C[C@@H](CN5CCCC[C@H]45)[C@@H]32)c1. The Bertz CT molecular complexity index is 1040. The minimum atomic E-state index is 0.329. The molecular weight excluding hydrogens is 398 g/mol. The van der Waals surface area contributed by atoms with Crippen molar-refractivity contribution in [1.82, 2.24) is 14.4 Å². The maximum Gasteiger partial charge on any atom is 0.224 e. The Morgan fingerprint density at radius 1 is 1.16 bits per heavy atom. The van der Waals surface area contributed by atoms with Gasteiger partial charge in [0.05, 0.1) is 13.2 Å². The van der Waals surface area contributed by atoms with Gasteiger partial charge < -0.3 is 14.2 Å². The number of fused-ring (bicyclic) bond motifs is 7. The van der Waals surface area contributed by atoms with Crippen molar-refractivity contribution in [1.29, 1.82) is 0 Å². The highest BCUT2D eigenvalue weighted by molar-refractivity contribution is 5.82. The highest BCUT2D eigenvalue weighted by Crippen LogP contribution is 2.45. The third-order valence-electron chi connectivity index (χ3n) is 8.52. The molecule has 1 amide bonds. The quantitative estimate of drug-likeness (QED) is 0.668. The predicted octanol–water partition coefficient (Wildman–Crippen LogP) is 4.46. The lowest BCUT2D eigenvalue weighted by Gasteiger charge is -2.54. The van der Waals surface area contributed by atoms with Gasteiger partial charge in [-0.1, -0.05) is 18.1 Å². The monoisotopic (exact) mass is 433 g/mol. The number of benzene rings is 1. The van der Waals surface area contributed by atoms with Gasteiger partial charge in [-0.3, -0.25) is 9.69 Å². The summed E-state index contributed by atoms with van der Waals surface area (Å²) < 4.78 is 7.56. The maximum absolute atomic E-state index is 13.5. The third kappa shape index (κ3) is 3.45. The number of piperidine rings is 3. The van der Waals surface area contributed by atoms with Crippen molar-refractivity contribution in [2.24, 2.45) is 11.8 Å². The largest absolute Gasteiger partial charge is 0.497 e. The first-order valence-electron chi connectivity index (χ1n) is 12.6. The fourth-order valence-electron chi connectivity index (χ4n) is 7.11. The highest BCUT2D eigenvalue weighted by Gasteiger charge is 2.46. The Balaban J connectivity index is 1.18. The molecule has 2 aromatic rings. The first-order valence-corrected chi connectivity index (χ1v) is 12.6. The zero-order valence-corrected chi connectivity index (χ0v) is 19.2. The molecular formula is C27H35N3O2. The number of hydrogen-bond acceptors (Lipinski definition) is 3. The molecule has 0 unspecified atom stereocenters. The van der Waals surface area contributed by atoms with Crippen molar-refractivity contribution < 1.29 is 9.53 Å². The lowest BCUT2D eigenvalue weighted by molar-refractivity contribution is -0.136. The second-order valence-electron chi connectivity index (χ2n) is 10.3. The molecule has 1 aliphatic carbocycles. The van der Waals surface area contributed by atoms with Crippen LogP contribution in [-0.2, 0) is 11.3 Å². The Hall–Kier alpha value is -2.27. The molecule has 4 atom stereocenters. The Kier molecular flexibility index (Phi) is 5.25. The fourth-order valence-corrected chi connectivity index (χ4v) is 7.11. The van der Waals surface area contributed by atoms with Crippen LogP contribution in [-0.4, -0.2) is 59.1 Å². The van der Waals surface area contributed by atoms with E-state index in [1.807, 2.05) is 6.07 Å². The number of hydrogen-bond donors (Lipinski definition) is 0. The van der Waals surface area contributed by atoms with Gasteiger partial charge in [0.2, 0.25) is 5.91 Å². The van der Waals surface area contributed by atoms with E-state index in [2.05, 4.69) is 44.8 Å². The van der Waals surface area contributed by atoms with Crippen LogP contribution >= 0.6 is 0 Å². The molecule has 4 aliphatic rings. The van der Waals surface area contributed by atoms with Crippen molar-refractivity contribution in [3.05, 3.63) is 42.1 Å². The number of likely N-dealkylation sites (tertiary alicyclic amines) is 1. The molecule has 3 aliphatic heterocycles. The fraction of sp³-hybridized carbons (Fsp3) is 0.593. The summed E-state index contributed by atoms with van der Waals surface area (Å²) >= 11 is 0. The van der Waals surface area contributed by atoms with Crippen LogP contribution in [0.4, 0.5) is 0 Å². The van der Waals surface area contributed by atoms with E-state index in [1.54, 1.807) is 12.7 Å². The van der Waals surface area contributed by atoms with Crippen LogP contribution in [0.3, 0.4) is 0 Å². The molecule has 2 bridgehead atoms. The highest BCUT2D eigenvalue weighted by atomic mass is 16.5. The summed E-state index contributed by atoms with van der Waals surface area (Å²) in [7, 11) is 1.70. The van der Waals surface area contributed by atoms with Gasteiger partial charge in [0, 0.05) is 49.2 Å². The molecule has 0 saturated carbocycles. The number of carbonyl (C=O) groups is 1. The number of ether oxygens (including phenoxy) is 1. The number of carbonyl (C=O) groups excluding carboxylic acids is 1. The van der Waals surface area contributed by atoms with Crippen LogP contribution in [0.1, 0.15) is 44.9 Å². The molecule has 32 heavy (non-hydrogen) atoms. The number of nitrogens with zero attached hydrogens (tertiary/aromatic N) is 3. The van der Waals surface area contributed by atoms with E-state index < -0.39 is 0 Å². The van der Waals surface area contributed by atoms with Crippen molar-refractivity contribution in [3.63, 3.8) is 0 Å². The number of aryl methyl sites for hydroxylation is 1. The molecule has 6 rings (SSSR count). The summed E-state index contributed by atoms with van der Waals surface area (Å²) in [6.07, 6.45) is 13.0. The molecule has 0 radical (unpaired) electrons. The summed E-state index contributed by atoms with van der Waals surface area (Å²) in [6.45, 7) is 4.11. The van der Waals surface area contributed by atoms with Gasteiger partial charge >= 0.3 is 0 Å². The van der Waals surface area contributed by atoms with Crippen molar-refractivity contribution in [2.45, 2.75) is 63.6 Å². The van der Waals surface area contributed by atoms with Gasteiger partial charge in [0.1, 0.15) is 5.75 Å². The number of aromatic nitrogens is 1. The number of rotatable bonds is 4. The summed E-state index contributed by atoms with van der Waals surface area (Å²) in [4.78, 5) is 18.5. The lowest BCUT2D eigenvalue weighted by atomic mass is 9.68. The zero-order chi connectivity index (χ0) is 21.7. The summed E-state index contributed by atoms with van der Waals surface area (Å²) in [5.41, 5.74) is 2.75. The lowest BCUT2D eigenvalue weighted by Crippen LogP contribution is -2.60. The molecule has 1 aromatic heterocycles. The van der Waals surface area contributed by atoms with Gasteiger partial charge in [-0.25, -0.2) is 0 Å². The second kappa shape index (κ2) is 8.26. The molecule has 5 nitrogen and oxygen atoms in total. The van der Waals surface area contributed by atoms with Gasteiger partial charge in [0.25, 0.3) is 0 Å². The van der Waals surface area contributed by atoms with E-state index in [0.717, 1.165) is 42.6 Å². The molecule has 5 heteroatoms. The normalized spacial score (nSPS) is 29.9. The van der Waals surface area contributed by atoms with Crippen LogP contribution in [0, 0.1) is 11.8 Å². The Labute approximate surface area is 191 Å². The standard InChI is InChI=1S/C27H35N3O2/c1-32-23-7-8-25-19(17-23)9-13-28(25)14-10-26(31)30-12-4-5-20-15-21-16-22(27(20)30)18-29-11-3-2-6-24(21)29/h7-9,13,15,17,21-22,24,27H,2-6,10-12,14,16,18H2,1H3/t21-,22+,24-,27-/m1/s1. The molecule has 3 fully saturated rings. The van der Waals surface area contributed by atoms with Crippen LogP contribution in [0.5, 0.6) is 5.75 Å². The molecule has 0 spiro atoms. The average Bonchev–Trinajstić information content (AvgIpc) is 3.24. The average molecular weight is 434 g/mol. The minimum Gasteiger partial charge on any atom is -0.497 e. The van der Waals surface area contributed by atoms with Gasteiger partial charge in [-0.05, 0) is 74.8 Å². The maximum atomic E-state index is 13.5. The van der Waals surface area contributed by atoms with Crippen molar-refractivity contribution in [2.75, 3.05) is 26.7 Å². The Morgan fingerprint density at radius 2 is 2.09 bits per heavy atom.